The first kappa shape index (κ1) is 13.7. The molecular formula is C19H21NO2. The number of aryl methyl sites for hydroxylation is 3. The Hall–Kier alpha value is -1.90. The summed E-state index contributed by atoms with van der Waals surface area (Å²) >= 11 is 0. The summed E-state index contributed by atoms with van der Waals surface area (Å²) in [5.41, 5.74) is 4.10. The molecule has 5 rings (SSSR count). The minimum absolute atomic E-state index is 0.0143. The fourth-order valence-electron chi connectivity index (χ4n) is 4.50. The van der Waals surface area contributed by atoms with E-state index in [1.807, 2.05) is 19.9 Å². The number of amides is 2. The van der Waals surface area contributed by atoms with Crippen LogP contribution in [0.25, 0.3) is 0 Å². The molecule has 2 bridgehead atoms. The molecule has 4 atom stereocenters. The largest absolute Gasteiger partial charge is 0.274 e. The topological polar surface area (TPSA) is 37.4 Å². The van der Waals surface area contributed by atoms with Crippen LogP contribution in [-0.4, -0.2) is 11.8 Å². The highest BCUT2D eigenvalue weighted by molar-refractivity contribution is 6.23. The van der Waals surface area contributed by atoms with Crippen LogP contribution in [-0.2, 0) is 9.59 Å². The van der Waals surface area contributed by atoms with E-state index in [0.29, 0.717) is 0 Å². The van der Waals surface area contributed by atoms with E-state index in [-0.39, 0.29) is 35.5 Å². The number of hydrogen-bond donors (Lipinski definition) is 0. The van der Waals surface area contributed by atoms with Crippen molar-refractivity contribution in [3.63, 3.8) is 0 Å². The van der Waals surface area contributed by atoms with Crippen LogP contribution in [0.4, 0.5) is 5.69 Å². The van der Waals surface area contributed by atoms with Crippen LogP contribution in [0.3, 0.4) is 0 Å². The smallest absolute Gasteiger partial charge is 0.238 e. The fraction of sp³-hybridized carbons (Fsp3) is 0.474. The minimum atomic E-state index is -0.128. The van der Waals surface area contributed by atoms with Crippen LogP contribution >= 0.6 is 0 Å². The predicted octanol–water partition coefficient (Wildman–Crippen LogP) is 3.31. The number of imide groups is 1. The van der Waals surface area contributed by atoms with Crippen molar-refractivity contribution in [1.29, 1.82) is 0 Å². The van der Waals surface area contributed by atoms with Crippen molar-refractivity contribution in [2.75, 3.05) is 4.90 Å². The van der Waals surface area contributed by atoms with E-state index in [4.69, 9.17) is 0 Å². The van der Waals surface area contributed by atoms with Crippen LogP contribution in [0.2, 0.25) is 0 Å². The second kappa shape index (κ2) is 4.55. The van der Waals surface area contributed by atoms with Gasteiger partial charge >= 0.3 is 0 Å². The fourth-order valence-corrected chi connectivity index (χ4v) is 4.50. The van der Waals surface area contributed by atoms with Gasteiger partial charge in [0.25, 0.3) is 0 Å². The molecule has 1 saturated carbocycles. The molecule has 3 nitrogen and oxygen atoms in total. The number of nitrogens with zero attached hydrogens (tertiary/aromatic N) is 1. The molecule has 1 aromatic rings. The Morgan fingerprint density at radius 2 is 1.32 bits per heavy atom. The number of allylic oxidation sites excluding steroid dienone is 2. The highest BCUT2D eigenvalue weighted by Crippen LogP contribution is 2.50. The summed E-state index contributed by atoms with van der Waals surface area (Å²) in [6, 6.07) is 4.06. The Balaban J connectivity index is 1.80. The summed E-state index contributed by atoms with van der Waals surface area (Å²) in [5, 5.41) is 0. The molecule has 1 saturated heterocycles. The molecule has 3 aliphatic carbocycles. The maximum Gasteiger partial charge on any atom is 0.238 e. The van der Waals surface area contributed by atoms with Gasteiger partial charge < -0.3 is 0 Å². The zero-order valence-electron chi connectivity index (χ0n) is 13.3. The lowest BCUT2D eigenvalue weighted by atomic mass is 9.63. The first-order valence-electron chi connectivity index (χ1n) is 8.13. The molecule has 1 heterocycles. The van der Waals surface area contributed by atoms with Crippen molar-refractivity contribution in [2.24, 2.45) is 23.7 Å². The van der Waals surface area contributed by atoms with Crippen molar-refractivity contribution in [3.05, 3.63) is 41.0 Å². The SMILES string of the molecule is Cc1cc(C)c(N2C(=O)C3C4C=CC(CC4)C3C2=O)cc1C. The van der Waals surface area contributed by atoms with E-state index in [2.05, 4.69) is 25.1 Å². The number of carbonyl (C=O) groups is 2. The second-order valence-corrected chi connectivity index (χ2v) is 7.08. The Bertz CT molecular complexity index is 686. The van der Waals surface area contributed by atoms with Crippen molar-refractivity contribution >= 4 is 17.5 Å². The van der Waals surface area contributed by atoms with Gasteiger partial charge in [0, 0.05) is 0 Å². The maximum absolute atomic E-state index is 13.0. The number of benzene rings is 1. The molecule has 4 aliphatic rings. The van der Waals surface area contributed by atoms with Crippen molar-refractivity contribution in [1.82, 2.24) is 0 Å². The zero-order valence-corrected chi connectivity index (χ0v) is 13.3. The molecule has 1 aromatic carbocycles. The Morgan fingerprint density at radius 1 is 0.818 bits per heavy atom. The van der Waals surface area contributed by atoms with E-state index in [0.717, 1.165) is 29.7 Å². The lowest BCUT2D eigenvalue weighted by Crippen LogP contribution is -2.38. The van der Waals surface area contributed by atoms with Crippen LogP contribution < -0.4 is 4.90 Å². The number of anilines is 1. The van der Waals surface area contributed by atoms with Crippen LogP contribution in [0, 0.1) is 44.4 Å². The van der Waals surface area contributed by atoms with Crippen molar-refractivity contribution < 1.29 is 9.59 Å². The van der Waals surface area contributed by atoms with Crippen LogP contribution in [0.1, 0.15) is 29.5 Å². The Labute approximate surface area is 131 Å². The molecule has 4 unspecified atom stereocenters. The number of carbonyl (C=O) groups excluding carboxylic acids is 2. The summed E-state index contributed by atoms with van der Waals surface area (Å²) in [4.78, 5) is 27.4. The van der Waals surface area contributed by atoms with E-state index in [9.17, 15) is 9.59 Å². The Kier molecular flexibility index (Phi) is 2.84. The first-order chi connectivity index (χ1) is 10.5. The molecular weight excluding hydrogens is 274 g/mol. The van der Waals surface area contributed by atoms with Gasteiger partial charge in [0.15, 0.2) is 0 Å². The van der Waals surface area contributed by atoms with Crippen LogP contribution in [0.15, 0.2) is 24.3 Å². The van der Waals surface area contributed by atoms with Gasteiger partial charge in [-0.2, -0.15) is 0 Å². The van der Waals surface area contributed by atoms with E-state index in [1.54, 1.807) is 0 Å². The second-order valence-electron chi connectivity index (χ2n) is 7.08. The molecule has 0 spiro atoms. The van der Waals surface area contributed by atoms with Gasteiger partial charge in [0.1, 0.15) is 0 Å². The maximum atomic E-state index is 13.0. The van der Waals surface area contributed by atoms with E-state index < -0.39 is 0 Å². The van der Waals surface area contributed by atoms with Gasteiger partial charge in [0.05, 0.1) is 17.5 Å². The van der Waals surface area contributed by atoms with Crippen molar-refractivity contribution in [2.45, 2.75) is 33.6 Å². The molecule has 22 heavy (non-hydrogen) atoms. The third kappa shape index (κ3) is 1.68. The predicted molar refractivity (Wildman–Crippen MR) is 85.5 cm³/mol. The third-order valence-electron chi connectivity index (χ3n) is 5.81. The molecule has 2 amide bonds. The van der Waals surface area contributed by atoms with E-state index in [1.165, 1.54) is 10.5 Å². The number of rotatable bonds is 1. The zero-order chi connectivity index (χ0) is 15.6. The minimum Gasteiger partial charge on any atom is -0.274 e. The summed E-state index contributed by atoms with van der Waals surface area (Å²) in [5.74, 6) is 0.280. The summed E-state index contributed by atoms with van der Waals surface area (Å²) in [6.45, 7) is 6.07. The highest BCUT2D eigenvalue weighted by atomic mass is 16.2. The van der Waals surface area contributed by atoms with Gasteiger partial charge in [-0.05, 0) is 68.2 Å². The summed E-state index contributed by atoms with van der Waals surface area (Å²) in [6.07, 6.45) is 6.41. The standard InChI is InChI=1S/C19H21NO2/c1-10-8-12(3)15(9-11(10)2)20-18(21)16-13-4-5-14(7-6-13)17(16)19(20)22/h4-5,8-9,13-14,16-17H,6-7H2,1-3H3. The molecule has 114 valence electrons. The van der Waals surface area contributed by atoms with E-state index >= 15 is 0 Å². The summed E-state index contributed by atoms with van der Waals surface area (Å²) < 4.78 is 0. The lowest BCUT2D eigenvalue weighted by Gasteiger charge is -2.38. The number of hydrogen-bond acceptors (Lipinski definition) is 2. The van der Waals surface area contributed by atoms with Crippen molar-refractivity contribution in [3.8, 4) is 0 Å². The average Bonchev–Trinajstić information content (AvgIpc) is 2.78. The molecule has 0 aromatic heterocycles. The monoisotopic (exact) mass is 295 g/mol. The van der Waals surface area contributed by atoms with Gasteiger partial charge in [-0.25, -0.2) is 4.90 Å². The number of fused-ring (bicyclic) bond motifs is 1. The Morgan fingerprint density at radius 3 is 1.82 bits per heavy atom. The molecule has 0 N–H and O–H groups in total. The van der Waals surface area contributed by atoms with Gasteiger partial charge in [-0.1, -0.05) is 18.2 Å². The molecule has 1 aliphatic heterocycles. The van der Waals surface area contributed by atoms with Gasteiger partial charge in [-0.15, -0.1) is 0 Å². The quantitative estimate of drug-likeness (QED) is 0.589. The average molecular weight is 295 g/mol. The van der Waals surface area contributed by atoms with Crippen LogP contribution in [0.5, 0.6) is 0 Å². The normalized spacial score (nSPS) is 32.8. The third-order valence-corrected chi connectivity index (χ3v) is 5.81. The molecule has 0 radical (unpaired) electrons. The van der Waals surface area contributed by atoms with Gasteiger partial charge in [-0.3, -0.25) is 9.59 Å². The lowest BCUT2D eigenvalue weighted by molar-refractivity contribution is -0.124. The molecule has 2 fully saturated rings. The summed E-state index contributed by atoms with van der Waals surface area (Å²) in [7, 11) is 0. The molecule has 3 heteroatoms. The highest BCUT2D eigenvalue weighted by Gasteiger charge is 2.57. The first-order valence-corrected chi connectivity index (χ1v) is 8.13. The van der Waals surface area contributed by atoms with Gasteiger partial charge in [0.2, 0.25) is 11.8 Å².